The largest absolute Gasteiger partial charge is 0.315 e. The Hall–Kier alpha value is -0.640. The second-order valence-corrected chi connectivity index (χ2v) is 6.79. The van der Waals surface area contributed by atoms with Gasteiger partial charge in [-0.3, -0.25) is 4.90 Å². The number of likely N-dealkylation sites (tertiary alicyclic amines) is 1. The van der Waals surface area contributed by atoms with Crippen molar-refractivity contribution in [3.63, 3.8) is 0 Å². The summed E-state index contributed by atoms with van der Waals surface area (Å²) in [6.07, 6.45) is 3.65. The molecule has 1 aromatic carbocycles. The number of hydrogen-bond donors (Lipinski definition) is 1. The van der Waals surface area contributed by atoms with Gasteiger partial charge in [0.15, 0.2) is 0 Å². The second kappa shape index (κ2) is 8.11. The number of nitrogens with zero attached hydrogens (tertiary/aromatic N) is 1. The molecule has 1 saturated heterocycles. The molecule has 1 unspecified atom stereocenters. The van der Waals surface area contributed by atoms with E-state index in [9.17, 15) is 4.39 Å². The third-order valence-electron chi connectivity index (χ3n) is 4.09. The van der Waals surface area contributed by atoms with E-state index in [1.54, 1.807) is 6.07 Å². The van der Waals surface area contributed by atoms with Crippen molar-refractivity contribution >= 4 is 11.6 Å². The molecule has 0 aromatic heterocycles. The highest BCUT2D eigenvalue weighted by Gasteiger charge is 2.23. The molecule has 1 aliphatic rings. The van der Waals surface area contributed by atoms with E-state index in [0.29, 0.717) is 24.1 Å². The topological polar surface area (TPSA) is 15.3 Å². The average molecular weight is 313 g/mol. The van der Waals surface area contributed by atoms with Crippen LogP contribution in [0.3, 0.4) is 0 Å². The monoisotopic (exact) mass is 312 g/mol. The Morgan fingerprint density at radius 3 is 2.95 bits per heavy atom. The van der Waals surface area contributed by atoms with Crippen LogP contribution in [-0.2, 0) is 6.54 Å². The van der Waals surface area contributed by atoms with Crippen LogP contribution >= 0.6 is 11.6 Å². The van der Waals surface area contributed by atoms with Crippen molar-refractivity contribution in [2.24, 2.45) is 5.92 Å². The molecular formula is C17H26ClFN2. The summed E-state index contributed by atoms with van der Waals surface area (Å²) in [4.78, 5) is 2.39. The molecule has 1 N–H and O–H groups in total. The van der Waals surface area contributed by atoms with Crippen LogP contribution in [0.5, 0.6) is 0 Å². The van der Waals surface area contributed by atoms with Gasteiger partial charge in [-0.2, -0.15) is 0 Å². The van der Waals surface area contributed by atoms with Crippen molar-refractivity contribution in [3.05, 3.63) is 34.6 Å². The first-order chi connectivity index (χ1) is 10.1. The Kier molecular flexibility index (Phi) is 6.46. The molecule has 0 aliphatic carbocycles. The third-order valence-corrected chi connectivity index (χ3v) is 4.38. The van der Waals surface area contributed by atoms with Crippen molar-refractivity contribution < 1.29 is 4.39 Å². The van der Waals surface area contributed by atoms with Gasteiger partial charge in [0.05, 0.1) is 5.02 Å². The predicted octanol–water partition coefficient (Wildman–Crippen LogP) is 4.08. The molecule has 1 aromatic rings. The molecule has 0 spiro atoms. The maximum absolute atomic E-state index is 14.1. The van der Waals surface area contributed by atoms with Crippen molar-refractivity contribution in [1.82, 2.24) is 10.2 Å². The van der Waals surface area contributed by atoms with Gasteiger partial charge in [-0.25, -0.2) is 4.39 Å². The first-order valence-electron chi connectivity index (χ1n) is 7.95. The van der Waals surface area contributed by atoms with E-state index in [4.69, 9.17) is 11.6 Å². The molecule has 0 amide bonds. The number of rotatable bonds is 6. The van der Waals surface area contributed by atoms with E-state index < -0.39 is 0 Å². The van der Waals surface area contributed by atoms with Crippen LogP contribution in [0.1, 0.15) is 38.7 Å². The Morgan fingerprint density at radius 1 is 1.38 bits per heavy atom. The zero-order valence-corrected chi connectivity index (χ0v) is 13.8. The van der Waals surface area contributed by atoms with Crippen LogP contribution in [-0.4, -0.2) is 30.6 Å². The fourth-order valence-electron chi connectivity index (χ4n) is 2.93. The lowest BCUT2D eigenvalue weighted by Gasteiger charge is -2.36. The van der Waals surface area contributed by atoms with Gasteiger partial charge in [-0.05, 0) is 37.9 Å². The Morgan fingerprint density at radius 2 is 2.19 bits per heavy atom. The molecule has 1 heterocycles. The zero-order chi connectivity index (χ0) is 15.2. The van der Waals surface area contributed by atoms with E-state index in [-0.39, 0.29) is 10.8 Å². The Bertz CT molecular complexity index is 450. The number of piperidine rings is 1. The van der Waals surface area contributed by atoms with Crippen molar-refractivity contribution in [2.45, 2.75) is 45.7 Å². The summed E-state index contributed by atoms with van der Waals surface area (Å²) in [6, 6.07) is 5.78. The Labute approximate surface area is 132 Å². The summed E-state index contributed by atoms with van der Waals surface area (Å²) in [5.74, 6) is 0.394. The van der Waals surface area contributed by atoms with Gasteiger partial charge in [0.2, 0.25) is 0 Å². The van der Waals surface area contributed by atoms with Crippen LogP contribution in [0.2, 0.25) is 5.02 Å². The lowest BCUT2D eigenvalue weighted by molar-refractivity contribution is 0.135. The standard InChI is InChI=1S/C17H26ClFN2/c1-13(2)10-20-11-15-7-3-4-9-21(15)12-14-6-5-8-16(18)17(14)19/h5-6,8,13,15,20H,3-4,7,9-12H2,1-2H3. The minimum atomic E-state index is -0.265. The maximum Gasteiger partial charge on any atom is 0.146 e. The minimum Gasteiger partial charge on any atom is -0.315 e. The summed E-state index contributed by atoms with van der Waals surface area (Å²) in [6.45, 7) is 8.15. The van der Waals surface area contributed by atoms with E-state index in [2.05, 4.69) is 24.1 Å². The number of nitrogens with one attached hydrogen (secondary N) is 1. The summed E-state index contributed by atoms with van der Waals surface area (Å²) < 4.78 is 14.1. The lowest BCUT2D eigenvalue weighted by Crippen LogP contribution is -2.45. The van der Waals surface area contributed by atoms with Gasteiger partial charge in [-0.15, -0.1) is 0 Å². The predicted molar refractivity (Wildman–Crippen MR) is 87.2 cm³/mol. The van der Waals surface area contributed by atoms with Gasteiger partial charge < -0.3 is 5.32 Å². The molecule has 1 aliphatic heterocycles. The highest BCUT2D eigenvalue weighted by Crippen LogP contribution is 2.23. The molecule has 2 nitrogen and oxygen atoms in total. The summed E-state index contributed by atoms with van der Waals surface area (Å²) >= 11 is 5.88. The normalized spacial score (nSPS) is 20.1. The van der Waals surface area contributed by atoms with Crippen molar-refractivity contribution in [2.75, 3.05) is 19.6 Å². The van der Waals surface area contributed by atoms with Gasteiger partial charge in [0, 0.05) is 24.7 Å². The molecule has 1 fully saturated rings. The van der Waals surface area contributed by atoms with E-state index in [1.165, 1.54) is 19.3 Å². The zero-order valence-electron chi connectivity index (χ0n) is 13.0. The van der Waals surface area contributed by atoms with Gasteiger partial charge in [0.1, 0.15) is 5.82 Å². The van der Waals surface area contributed by atoms with Crippen LogP contribution in [0.15, 0.2) is 18.2 Å². The second-order valence-electron chi connectivity index (χ2n) is 6.39. The molecule has 4 heteroatoms. The molecule has 0 bridgehead atoms. The van der Waals surface area contributed by atoms with Crippen molar-refractivity contribution in [1.29, 1.82) is 0 Å². The number of halogens is 2. The highest BCUT2D eigenvalue weighted by molar-refractivity contribution is 6.30. The van der Waals surface area contributed by atoms with Gasteiger partial charge in [-0.1, -0.05) is 44.0 Å². The molecular weight excluding hydrogens is 287 g/mol. The fraction of sp³-hybridized carbons (Fsp3) is 0.647. The fourth-order valence-corrected chi connectivity index (χ4v) is 3.12. The number of benzene rings is 1. The average Bonchev–Trinajstić information content (AvgIpc) is 2.45. The molecule has 0 radical (unpaired) electrons. The summed E-state index contributed by atoms with van der Waals surface area (Å²) in [5, 5.41) is 3.76. The van der Waals surface area contributed by atoms with Crippen molar-refractivity contribution in [3.8, 4) is 0 Å². The SMILES string of the molecule is CC(C)CNCC1CCCCN1Cc1cccc(Cl)c1F. The smallest absolute Gasteiger partial charge is 0.146 e. The van der Waals surface area contributed by atoms with E-state index in [1.807, 2.05) is 12.1 Å². The minimum absolute atomic E-state index is 0.221. The molecule has 21 heavy (non-hydrogen) atoms. The van der Waals surface area contributed by atoms with Crippen LogP contribution < -0.4 is 5.32 Å². The summed E-state index contributed by atoms with van der Waals surface area (Å²) in [7, 11) is 0. The third kappa shape index (κ3) is 4.94. The summed E-state index contributed by atoms with van der Waals surface area (Å²) in [5.41, 5.74) is 0.707. The van der Waals surface area contributed by atoms with Gasteiger partial charge in [0.25, 0.3) is 0 Å². The maximum atomic E-state index is 14.1. The quantitative estimate of drug-likeness (QED) is 0.851. The lowest BCUT2D eigenvalue weighted by atomic mass is 10.0. The molecule has 0 saturated carbocycles. The molecule has 1 atom stereocenters. The van der Waals surface area contributed by atoms with Crippen LogP contribution in [0, 0.1) is 11.7 Å². The molecule has 2 rings (SSSR count). The van der Waals surface area contributed by atoms with E-state index in [0.717, 1.165) is 19.6 Å². The van der Waals surface area contributed by atoms with E-state index >= 15 is 0 Å². The highest BCUT2D eigenvalue weighted by atomic mass is 35.5. The Balaban J connectivity index is 1.96. The first kappa shape index (κ1) is 16.7. The van der Waals surface area contributed by atoms with Crippen LogP contribution in [0.4, 0.5) is 4.39 Å². The first-order valence-corrected chi connectivity index (χ1v) is 8.33. The van der Waals surface area contributed by atoms with Crippen LogP contribution in [0.25, 0.3) is 0 Å². The molecule has 118 valence electrons. The van der Waals surface area contributed by atoms with Gasteiger partial charge >= 0.3 is 0 Å². The number of hydrogen-bond acceptors (Lipinski definition) is 2.